The summed E-state index contributed by atoms with van der Waals surface area (Å²) in [6, 6.07) is 11.9. The van der Waals surface area contributed by atoms with Crippen molar-refractivity contribution in [1.82, 2.24) is 0 Å². The minimum absolute atomic E-state index is 0.465. The van der Waals surface area contributed by atoms with E-state index in [4.69, 9.17) is 28.9 Å². The molecule has 20 heavy (non-hydrogen) atoms. The van der Waals surface area contributed by atoms with Crippen LogP contribution in [0, 0.1) is 13.8 Å². The maximum absolute atomic E-state index is 6.56. The van der Waals surface area contributed by atoms with Crippen molar-refractivity contribution in [3.05, 3.63) is 68.7 Å². The van der Waals surface area contributed by atoms with Crippen molar-refractivity contribution >= 4 is 23.2 Å². The Kier molecular flexibility index (Phi) is 4.43. The number of halogens is 2. The first-order chi connectivity index (χ1) is 9.29. The van der Waals surface area contributed by atoms with E-state index in [1.165, 1.54) is 11.1 Å². The van der Waals surface area contributed by atoms with Crippen LogP contribution in [0.2, 0.25) is 10.0 Å². The summed E-state index contributed by atoms with van der Waals surface area (Å²) in [5.74, 6) is 0. The lowest BCUT2D eigenvalue weighted by Gasteiger charge is -2.28. The molecule has 1 atom stereocenters. The summed E-state index contributed by atoms with van der Waals surface area (Å²) in [5.41, 5.74) is 10.7. The van der Waals surface area contributed by atoms with E-state index in [1.807, 2.05) is 19.1 Å². The summed E-state index contributed by atoms with van der Waals surface area (Å²) >= 11 is 12.2. The van der Waals surface area contributed by atoms with Crippen molar-refractivity contribution < 1.29 is 0 Å². The third-order valence-electron chi connectivity index (χ3n) is 3.58. The van der Waals surface area contributed by atoms with Gasteiger partial charge in [-0.15, -0.1) is 0 Å². The van der Waals surface area contributed by atoms with E-state index in [1.54, 1.807) is 6.07 Å². The molecule has 0 amide bonds. The molecular formula is C17H19Cl2N. The lowest BCUT2D eigenvalue weighted by atomic mass is 9.83. The molecule has 2 rings (SSSR count). The lowest BCUT2D eigenvalue weighted by molar-refractivity contribution is 0.488. The molecule has 2 N–H and O–H groups in total. The summed E-state index contributed by atoms with van der Waals surface area (Å²) in [7, 11) is 0. The Bertz CT molecular complexity index is 633. The molecule has 0 aliphatic rings. The molecule has 0 aliphatic carbocycles. The van der Waals surface area contributed by atoms with Crippen LogP contribution >= 0.6 is 23.2 Å². The molecule has 2 aromatic carbocycles. The Labute approximate surface area is 130 Å². The number of hydrogen-bond donors (Lipinski definition) is 1. The second kappa shape index (κ2) is 5.77. The smallest absolute Gasteiger partial charge is 0.0453 e. The summed E-state index contributed by atoms with van der Waals surface area (Å²) in [6.07, 6.45) is 0.674. The maximum atomic E-state index is 6.56. The van der Waals surface area contributed by atoms with Gasteiger partial charge in [-0.25, -0.2) is 0 Å². The highest BCUT2D eigenvalue weighted by molar-refractivity contribution is 6.35. The molecule has 106 valence electrons. The van der Waals surface area contributed by atoms with E-state index < -0.39 is 5.54 Å². The Hall–Kier alpha value is -1.02. The van der Waals surface area contributed by atoms with Gasteiger partial charge in [0.1, 0.15) is 0 Å². The lowest BCUT2D eigenvalue weighted by Crippen LogP contribution is -2.36. The van der Waals surface area contributed by atoms with Gasteiger partial charge in [0, 0.05) is 15.6 Å². The van der Waals surface area contributed by atoms with Gasteiger partial charge >= 0.3 is 0 Å². The molecule has 0 aliphatic heterocycles. The van der Waals surface area contributed by atoms with Gasteiger partial charge in [-0.3, -0.25) is 0 Å². The molecule has 1 unspecified atom stereocenters. The largest absolute Gasteiger partial charge is 0.321 e. The second-order valence-electron chi connectivity index (χ2n) is 5.65. The average molecular weight is 308 g/mol. The van der Waals surface area contributed by atoms with Crippen molar-refractivity contribution in [2.75, 3.05) is 0 Å². The molecule has 0 aromatic heterocycles. The summed E-state index contributed by atoms with van der Waals surface area (Å²) < 4.78 is 0. The van der Waals surface area contributed by atoms with Crippen LogP contribution in [0.1, 0.15) is 29.2 Å². The van der Waals surface area contributed by atoms with Gasteiger partial charge in [0.25, 0.3) is 0 Å². The van der Waals surface area contributed by atoms with E-state index in [9.17, 15) is 0 Å². The normalized spacial score (nSPS) is 14.1. The van der Waals surface area contributed by atoms with Crippen molar-refractivity contribution in [2.45, 2.75) is 32.7 Å². The first-order valence-electron chi connectivity index (χ1n) is 6.60. The van der Waals surface area contributed by atoms with E-state index in [2.05, 4.69) is 32.0 Å². The third kappa shape index (κ3) is 3.35. The third-order valence-corrected chi connectivity index (χ3v) is 4.17. The number of benzene rings is 2. The van der Waals surface area contributed by atoms with Gasteiger partial charge in [0.05, 0.1) is 0 Å². The second-order valence-corrected chi connectivity index (χ2v) is 6.49. The fraction of sp³-hybridized carbons (Fsp3) is 0.294. The minimum atomic E-state index is -0.465. The van der Waals surface area contributed by atoms with Crippen LogP contribution in [-0.4, -0.2) is 0 Å². The van der Waals surface area contributed by atoms with Crippen LogP contribution < -0.4 is 5.73 Å². The predicted octanol–water partition coefficient (Wildman–Crippen LogP) is 5.03. The monoisotopic (exact) mass is 307 g/mol. The number of aryl methyl sites for hydroxylation is 2. The Morgan fingerprint density at radius 1 is 1.05 bits per heavy atom. The molecule has 0 fully saturated rings. The molecule has 3 heteroatoms. The molecule has 2 aromatic rings. The number of hydrogen-bond acceptors (Lipinski definition) is 1. The molecule has 0 heterocycles. The van der Waals surface area contributed by atoms with Gasteiger partial charge in [0.15, 0.2) is 0 Å². The zero-order chi connectivity index (χ0) is 14.9. The van der Waals surface area contributed by atoms with Gasteiger partial charge in [0.2, 0.25) is 0 Å². The van der Waals surface area contributed by atoms with Crippen LogP contribution in [0.15, 0.2) is 36.4 Å². The van der Waals surface area contributed by atoms with Crippen molar-refractivity contribution in [3.63, 3.8) is 0 Å². The van der Waals surface area contributed by atoms with Gasteiger partial charge in [-0.05, 0) is 56.0 Å². The standard InChI is InChI=1S/C17H19Cl2N/c1-11-4-5-12(2)15(8-11)17(3,20)10-13-6-7-14(18)9-16(13)19/h4-9H,10,20H2,1-3H3. The van der Waals surface area contributed by atoms with Crippen molar-refractivity contribution in [3.8, 4) is 0 Å². The number of rotatable bonds is 3. The average Bonchev–Trinajstić information content (AvgIpc) is 2.35. The van der Waals surface area contributed by atoms with Gasteiger partial charge in [-0.2, -0.15) is 0 Å². The summed E-state index contributed by atoms with van der Waals surface area (Å²) in [4.78, 5) is 0. The SMILES string of the molecule is Cc1ccc(C)c(C(C)(N)Cc2ccc(Cl)cc2Cl)c1. The Morgan fingerprint density at radius 2 is 1.75 bits per heavy atom. The van der Waals surface area contributed by atoms with E-state index in [0.29, 0.717) is 16.5 Å². The molecular weight excluding hydrogens is 289 g/mol. The topological polar surface area (TPSA) is 26.0 Å². The van der Waals surface area contributed by atoms with Gasteiger partial charge < -0.3 is 5.73 Å². The van der Waals surface area contributed by atoms with Crippen LogP contribution in [0.4, 0.5) is 0 Å². The summed E-state index contributed by atoms with van der Waals surface area (Å²) in [5, 5.41) is 1.31. The van der Waals surface area contributed by atoms with Crippen LogP contribution in [0.5, 0.6) is 0 Å². The first-order valence-corrected chi connectivity index (χ1v) is 7.36. The maximum Gasteiger partial charge on any atom is 0.0453 e. The quantitative estimate of drug-likeness (QED) is 0.846. The van der Waals surface area contributed by atoms with Crippen molar-refractivity contribution in [2.24, 2.45) is 5.73 Å². The van der Waals surface area contributed by atoms with E-state index in [-0.39, 0.29) is 0 Å². The first kappa shape index (κ1) is 15.4. The molecule has 0 bridgehead atoms. The molecule has 0 saturated heterocycles. The highest BCUT2D eigenvalue weighted by Crippen LogP contribution is 2.30. The highest BCUT2D eigenvalue weighted by atomic mass is 35.5. The van der Waals surface area contributed by atoms with E-state index in [0.717, 1.165) is 11.1 Å². The molecule has 0 radical (unpaired) electrons. The predicted molar refractivity (Wildman–Crippen MR) is 87.6 cm³/mol. The summed E-state index contributed by atoms with van der Waals surface area (Å²) in [6.45, 7) is 6.21. The van der Waals surface area contributed by atoms with E-state index >= 15 is 0 Å². The zero-order valence-corrected chi connectivity index (χ0v) is 13.5. The molecule has 0 saturated carbocycles. The van der Waals surface area contributed by atoms with Gasteiger partial charge in [-0.1, -0.05) is 53.0 Å². The van der Waals surface area contributed by atoms with Crippen LogP contribution in [0.25, 0.3) is 0 Å². The van der Waals surface area contributed by atoms with Crippen molar-refractivity contribution in [1.29, 1.82) is 0 Å². The zero-order valence-electron chi connectivity index (χ0n) is 12.0. The minimum Gasteiger partial charge on any atom is -0.321 e. The highest BCUT2D eigenvalue weighted by Gasteiger charge is 2.24. The van der Waals surface area contributed by atoms with Crippen LogP contribution in [0.3, 0.4) is 0 Å². The fourth-order valence-corrected chi connectivity index (χ4v) is 2.98. The van der Waals surface area contributed by atoms with Crippen LogP contribution in [-0.2, 0) is 12.0 Å². The molecule has 0 spiro atoms. The molecule has 1 nitrogen and oxygen atoms in total. The number of nitrogens with two attached hydrogens (primary N) is 1. The Morgan fingerprint density at radius 3 is 2.40 bits per heavy atom. The Balaban J connectivity index is 2.37. The fourth-order valence-electron chi connectivity index (χ4n) is 2.51.